The summed E-state index contributed by atoms with van der Waals surface area (Å²) in [7, 11) is 0. The van der Waals surface area contributed by atoms with E-state index >= 15 is 0 Å². The predicted octanol–water partition coefficient (Wildman–Crippen LogP) is 1.26. The second-order valence-corrected chi connectivity index (χ2v) is 6.01. The number of oxime groups is 1. The van der Waals surface area contributed by atoms with Gasteiger partial charge in [0.2, 0.25) is 5.91 Å². The fraction of sp³-hybridized carbons (Fsp3) is 0.818. The summed E-state index contributed by atoms with van der Waals surface area (Å²) in [4.78, 5) is 14.1. The molecule has 1 aliphatic rings. The molecule has 0 aromatic carbocycles. The topological polar surface area (TPSA) is 78.9 Å². The summed E-state index contributed by atoms with van der Waals surface area (Å²) >= 11 is 1.73. The summed E-state index contributed by atoms with van der Waals surface area (Å²) in [6.45, 7) is 5.14. The van der Waals surface area contributed by atoms with E-state index in [0.29, 0.717) is 19.5 Å². The highest BCUT2D eigenvalue weighted by Crippen LogP contribution is 2.39. The zero-order valence-electron chi connectivity index (χ0n) is 10.5. The lowest BCUT2D eigenvalue weighted by molar-refractivity contribution is -0.133. The summed E-state index contributed by atoms with van der Waals surface area (Å²) in [5.41, 5.74) is 5.42. The maximum Gasteiger partial charge on any atom is 0.238 e. The van der Waals surface area contributed by atoms with Crippen molar-refractivity contribution >= 4 is 23.5 Å². The molecule has 17 heavy (non-hydrogen) atoms. The van der Waals surface area contributed by atoms with Gasteiger partial charge in [0.25, 0.3) is 0 Å². The first-order chi connectivity index (χ1) is 8.03. The number of rotatable bonds is 5. The molecule has 1 unspecified atom stereocenters. The van der Waals surface area contributed by atoms with Gasteiger partial charge in [0.15, 0.2) is 0 Å². The lowest BCUT2D eigenvalue weighted by atomic mass is 10.0. The van der Waals surface area contributed by atoms with E-state index in [4.69, 9.17) is 10.9 Å². The second-order valence-electron chi connectivity index (χ2n) is 4.41. The number of hydrogen-bond donors (Lipinski definition) is 2. The Hall–Kier alpha value is -0.910. The number of amidine groups is 1. The summed E-state index contributed by atoms with van der Waals surface area (Å²) in [5, 5.41) is 11.4. The van der Waals surface area contributed by atoms with Gasteiger partial charge in [-0.2, -0.15) is 0 Å². The number of amides is 1. The molecule has 6 heteroatoms. The molecule has 0 spiro atoms. The zero-order valence-corrected chi connectivity index (χ0v) is 11.3. The van der Waals surface area contributed by atoms with Gasteiger partial charge >= 0.3 is 0 Å². The highest BCUT2D eigenvalue weighted by atomic mass is 32.2. The van der Waals surface area contributed by atoms with Gasteiger partial charge in [-0.15, -0.1) is 11.8 Å². The Morgan fingerprint density at radius 3 is 2.82 bits per heavy atom. The van der Waals surface area contributed by atoms with E-state index in [9.17, 15) is 4.79 Å². The van der Waals surface area contributed by atoms with Crippen LogP contribution in [0.25, 0.3) is 0 Å². The minimum atomic E-state index is -0.277. The fourth-order valence-corrected chi connectivity index (χ4v) is 3.27. The Bertz CT molecular complexity index is 301. The molecule has 1 aliphatic heterocycles. The van der Waals surface area contributed by atoms with Gasteiger partial charge in [-0.25, -0.2) is 0 Å². The number of nitrogens with zero attached hydrogens (tertiary/aromatic N) is 2. The van der Waals surface area contributed by atoms with Gasteiger partial charge in [-0.1, -0.05) is 5.16 Å². The molecule has 1 rings (SSSR count). The molecule has 1 atom stereocenters. The van der Waals surface area contributed by atoms with Crippen LogP contribution in [0.1, 0.15) is 33.1 Å². The van der Waals surface area contributed by atoms with Crippen molar-refractivity contribution in [1.29, 1.82) is 0 Å². The van der Waals surface area contributed by atoms with Crippen LogP contribution in [-0.4, -0.2) is 45.4 Å². The first-order valence-corrected chi connectivity index (χ1v) is 6.92. The van der Waals surface area contributed by atoms with Crippen LogP contribution >= 0.6 is 11.8 Å². The minimum Gasteiger partial charge on any atom is -0.409 e. The molecule has 5 nitrogen and oxygen atoms in total. The monoisotopic (exact) mass is 259 g/mol. The average Bonchev–Trinajstić information content (AvgIpc) is 2.77. The van der Waals surface area contributed by atoms with Gasteiger partial charge in [0, 0.05) is 19.5 Å². The number of carbonyl (C=O) groups is 1. The summed E-state index contributed by atoms with van der Waals surface area (Å²) in [6.07, 6.45) is 2.46. The van der Waals surface area contributed by atoms with Gasteiger partial charge < -0.3 is 15.8 Å². The molecule has 98 valence electrons. The molecule has 0 saturated carbocycles. The molecule has 0 bridgehead atoms. The first kappa shape index (κ1) is 14.2. The molecular formula is C11H21N3O2S. The van der Waals surface area contributed by atoms with E-state index < -0.39 is 0 Å². The van der Waals surface area contributed by atoms with Crippen molar-refractivity contribution < 1.29 is 10.0 Å². The molecule has 0 aromatic rings. The maximum atomic E-state index is 12.4. The van der Waals surface area contributed by atoms with E-state index in [2.05, 4.69) is 5.16 Å². The first-order valence-electron chi connectivity index (χ1n) is 5.93. The Labute approximate surface area is 106 Å². The van der Waals surface area contributed by atoms with Crippen molar-refractivity contribution in [1.82, 2.24) is 4.90 Å². The third-order valence-electron chi connectivity index (χ3n) is 3.11. The quantitative estimate of drug-likeness (QED) is 0.337. The molecule has 0 aromatic heterocycles. The smallest absolute Gasteiger partial charge is 0.238 e. The van der Waals surface area contributed by atoms with Gasteiger partial charge in [0.05, 0.1) is 4.75 Å². The van der Waals surface area contributed by atoms with Gasteiger partial charge in [0.1, 0.15) is 5.84 Å². The number of nitrogens with two attached hydrogens (primary N) is 1. The zero-order chi connectivity index (χ0) is 12.9. The number of hydrogen-bond acceptors (Lipinski definition) is 4. The molecule has 0 radical (unpaired) electrons. The molecule has 3 N–H and O–H groups in total. The summed E-state index contributed by atoms with van der Waals surface area (Å²) < 4.78 is -0.277. The molecular weight excluding hydrogens is 238 g/mol. The van der Waals surface area contributed by atoms with E-state index in [0.717, 1.165) is 18.6 Å². The van der Waals surface area contributed by atoms with Crippen LogP contribution in [0, 0.1) is 0 Å². The third kappa shape index (κ3) is 3.52. The normalized spacial score (nSPS) is 24.9. The van der Waals surface area contributed by atoms with Crippen LogP contribution in [0.3, 0.4) is 0 Å². The van der Waals surface area contributed by atoms with Gasteiger partial charge in [-0.05, 0) is 32.4 Å². The van der Waals surface area contributed by atoms with Crippen LogP contribution in [0.5, 0.6) is 0 Å². The summed E-state index contributed by atoms with van der Waals surface area (Å²) in [6, 6.07) is 0. The Morgan fingerprint density at radius 2 is 2.35 bits per heavy atom. The third-order valence-corrected chi connectivity index (χ3v) is 4.62. The highest BCUT2D eigenvalue weighted by Gasteiger charge is 2.39. The van der Waals surface area contributed by atoms with E-state index in [-0.39, 0.29) is 16.5 Å². The lowest BCUT2D eigenvalue weighted by Gasteiger charge is -2.30. The number of carbonyl (C=O) groups excluding carboxylic acids is 1. The Balaban J connectivity index is 2.57. The van der Waals surface area contributed by atoms with Crippen LogP contribution < -0.4 is 5.73 Å². The number of thioether (sulfide) groups is 1. The van der Waals surface area contributed by atoms with Crippen LogP contribution in [0.4, 0.5) is 0 Å². The molecule has 0 aliphatic carbocycles. The minimum absolute atomic E-state index is 0.167. The molecule has 1 fully saturated rings. The van der Waals surface area contributed by atoms with Crippen molar-refractivity contribution in [3.63, 3.8) is 0 Å². The average molecular weight is 259 g/mol. The van der Waals surface area contributed by atoms with E-state index in [1.54, 1.807) is 16.7 Å². The SMILES string of the molecule is CCN(CCC(N)=NO)C(=O)C1(C)CCCS1. The maximum absolute atomic E-state index is 12.4. The highest BCUT2D eigenvalue weighted by molar-refractivity contribution is 8.01. The van der Waals surface area contributed by atoms with Crippen molar-refractivity contribution in [2.24, 2.45) is 10.9 Å². The molecule has 1 heterocycles. The Morgan fingerprint density at radius 1 is 1.65 bits per heavy atom. The van der Waals surface area contributed by atoms with E-state index in [1.807, 2.05) is 13.8 Å². The lowest BCUT2D eigenvalue weighted by Crippen LogP contribution is -2.44. The Kier molecular flexibility index (Phi) is 5.11. The largest absolute Gasteiger partial charge is 0.409 e. The van der Waals surface area contributed by atoms with E-state index in [1.165, 1.54) is 0 Å². The van der Waals surface area contributed by atoms with Crippen LogP contribution in [-0.2, 0) is 4.79 Å². The van der Waals surface area contributed by atoms with Crippen molar-refractivity contribution in [3.8, 4) is 0 Å². The van der Waals surface area contributed by atoms with Crippen LogP contribution in [0.15, 0.2) is 5.16 Å². The molecule has 1 saturated heterocycles. The van der Waals surface area contributed by atoms with Crippen LogP contribution in [0.2, 0.25) is 0 Å². The summed E-state index contributed by atoms with van der Waals surface area (Å²) in [5.74, 6) is 1.40. The van der Waals surface area contributed by atoms with Crippen molar-refractivity contribution in [3.05, 3.63) is 0 Å². The second kappa shape index (κ2) is 6.14. The van der Waals surface area contributed by atoms with Gasteiger partial charge in [-0.3, -0.25) is 4.79 Å². The van der Waals surface area contributed by atoms with Crippen molar-refractivity contribution in [2.75, 3.05) is 18.8 Å². The van der Waals surface area contributed by atoms with Crippen molar-refractivity contribution in [2.45, 2.75) is 37.9 Å². The predicted molar refractivity (Wildman–Crippen MR) is 70.4 cm³/mol. The fourth-order valence-electron chi connectivity index (χ4n) is 1.99. The standard InChI is InChI=1S/C11H21N3O2S/c1-3-14(7-5-9(12)13-16)10(15)11(2)6-4-8-17-11/h16H,3-8H2,1-2H3,(H2,12,13). The molecule has 1 amide bonds.